The van der Waals surface area contributed by atoms with Crippen molar-refractivity contribution in [1.29, 1.82) is 0 Å². The van der Waals surface area contributed by atoms with E-state index >= 15 is 0 Å². The van der Waals surface area contributed by atoms with Gasteiger partial charge in [0.1, 0.15) is 17.3 Å². The first kappa shape index (κ1) is 25.7. The number of pyridine rings is 2. The highest BCUT2D eigenvalue weighted by molar-refractivity contribution is 6.09. The van der Waals surface area contributed by atoms with E-state index in [4.69, 9.17) is 9.72 Å². The van der Waals surface area contributed by atoms with Gasteiger partial charge in [-0.05, 0) is 82.8 Å². The molecule has 4 aromatic carbocycles. The van der Waals surface area contributed by atoms with Gasteiger partial charge >= 0.3 is 0 Å². The number of para-hydroxylation sites is 1. The highest BCUT2D eigenvalue weighted by Crippen LogP contribution is 2.37. The first-order chi connectivity index (χ1) is 20.4. The Morgan fingerprint density at radius 3 is 2.12 bits per heavy atom. The van der Waals surface area contributed by atoms with Crippen LogP contribution in [0.25, 0.3) is 50.0 Å². The minimum atomic E-state index is 0.0137. The first-order valence-corrected chi connectivity index (χ1v) is 14.2. The van der Waals surface area contributed by atoms with Crippen LogP contribution in [0.5, 0.6) is 11.5 Å². The fraction of sp³-hybridized carbons (Fsp3) is 0.105. The first-order valence-electron chi connectivity index (χ1n) is 14.2. The van der Waals surface area contributed by atoms with Gasteiger partial charge in [0.25, 0.3) is 0 Å². The van der Waals surface area contributed by atoms with E-state index in [1.807, 2.05) is 42.7 Å². The Labute approximate surface area is 245 Å². The molecule has 0 aliphatic carbocycles. The number of nitrogens with zero attached hydrogens (tertiary/aromatic N) is 3. The Hall–Kier alpha value is -5.22. The molecule has 42 heavy (non-hydrogen) atoms. The average Bonchev–Trinajstić information content (AvgIpc) is 3.35. The molecule has 3 heterocycles. The van der Waals surface area contributed by atoms with Crippen molar-refractivity contribution in [2.45, 2.75) is 26.2 Å². The van der Waals surface area contributed by atoms with Gasteiger partial charge in [0.05, 0.1) is 16.7 Å². The molecule has 0 bridgehead atoms. The second-order valence-electron chi connectivity index (χ2n) is 11.6. The second-order valence-corrected chi connectivity index (χ2v) is 11.6. The molecule has 0 radical (unpaired) electrons. The molecule has 7 rings (SSSR count). The molecule has 0 spiro atoms. The Kier molecular flexibility index (Phi) is 6.32. The highest BCUT2D eigenvalue weighted by Gasteiger charge is 2.18. The van der Waals surface area contributed by atoms with Crippen LogP contribution in [0, 0.1) is 0 Å². The summed E-state index contributed by atoms with van der Waals surface area (Å²) in [6, 6.07) is 41.8. The van der Waals surface area contributed by atoms with Crippen molar-refractivity contribution in [2.24, 2.45) is 0 Å². The van der Waals surface area contributed by atoms with Crippen molar-refractivity contribution in [3.63, 3.8) is 0 Å². The van der Waals surface area contributed by atoms with Crippen molar-refractivity contribution < 1.29 is 4.74 Å². The van der Waals surface area contributed by atoms with Crippen LogP contribution < -0.4 is 4.74 Å². The molecule has 0 atom stereocenters. The highest BCUT2D eigenvalue weighted by atomic mass is 16.5. The van der Waals surface area contributed by atoms with Gasteiger partial charge in [-0.2, -0.15) is 0 Å². The third-order valence-electron chi connectivity index (χ3n) is 7.70. The van der Waals surface area contributed by atoms with E-state index in [-0.39, 0.29) is 5.41 Å². The zero-order valence-corrected chi connectivity index (χ0v) is 24.0. The molecule has 0 fully saturated rings. The monoisotopic (exact) mass is 545 g/mol. The van der Waals surface area contributed by atoms with Gasteiger partial charge in [-0.15, -0.1) is 0 Å². The minimum Gasteiger partial charge on any atom is -0.457 e. The van der Waals surface area contributed by atoms with Crippen LogP contribution in [0.4, 0.5) is 0 Å². The molecular formula is C38H31N3O. The standard InChI is InChI=1S/C38H31N3O/c1-38(2,3)29-18-20-40-37(24-29)41-35-15-8-7-13-32(35)33-17-16-30(25-36(33)41)42-31-22-27(26-11-5-4-6-12-26)21-28(23-31)34-14-9-10-19-39-34/h4-25H,1-3H3. The number of ether oxygens (including phenoxy) is 1. The maximum Gasteiger partial charge on any atom is 0.137 e. The number of aromatic nitrogens is 3. The van der Waals surface area contributed by atoms with Crippen LogP contribution in [0.2, 0.25) is 0 Å². The number of rotatable bonds is 5. The summed E-state index contributed by atoms with van der Waals surface area (Å²) in [6.07, 6.45) is 3.73. The van der Waals surface area contributed by atoms with Crippen molar-refractivity contribution in [1.82, 2.24) is 14.5 Å². The minimum absolute atomic E-state index is 0.0137. The summed E-state index contributed by atoms with van der Waals surface area (Å²) in [5, 5.41) is 2.35. The molecule has 0 aliphatic rings. The van der Waals surface area contributed by atoms with Gasteiger partial charge in [0.15, 0.2) is 0 Å². The predicted molar refractivity (Wildman–Crippen MR) is 172 cm³/mol. The molecule has 7 aromatic rings. The molecule has 204 valence electrons. The predicted octanol–water partition coefficient (Wildman–Crippen LogP) is 10.00. The maximum atomic E-state index is 6.61. The molecule has 4 heteroatoms. The quantitative estimate of drug-likeness (QED) is 0.216. The number of fused-ring (bicyclic) bond motifs is 3. The fourth-order valence-corrected chi connectivity index (χ4v) is 5.54. The molecule has 0 unspecified atom stereocenters. The van der Waals surface area contributed by atoms with Crippen LogP contribution in [0.15, 0.2) is 134 Å². The largest absolute Gasteiger partial charge is 0.457 e. The van der Waals surface area contributed by atoms with Crippen LogP contribution in [-0.2, 0) is 5.41 Å². The summed E-state index contributed by atoms with van der Waals surface area (Å²) in [5.41, 5.74) is 7.53. The van der Waals surface area contributed by atoms with Crippen LogP contribution in [0.1, 0.15) is 26.3 Å². The molecule has 0 saturated carbocycles. The van der Waals surface area contributed by atoms with Gasteiger partial charge in [-0.25, -0.2) is 4.98 Å². The van der Waals surface area contributed by atoms with Gasteiger partial charge in [-0.3, -0.25) is 9.55 Å². The zero-order chi connectivity index (χ0) is 28.7. The van der Waals surface area contributed by atoms with Gasteiger partial charge in [-0.1, -0.05) is 75.4 Å². The summed E-state index contributed by atoms with van der Waals surface area (Å²) in [5.74, 6) is 2.41. The number of benzene rings is 4. The van der Waals surface area contributed by atoms with E-state index in [9.17, 15) is 0 Å². The van der Waals surface area contributed by atoms with Gasteiger partial charge in [0, 0.05) is 34.8 Å². The van der Waals surface area contributed by atoms with E-state index in [2.05, 4.69) is 121 Å². The van der Waals surface area contributed by atoms with Gasteiger partial charge < -0.3 is 4.74 Å². The van der Waals surface area contributed by atoms with E-state index < -0.39 is 0 Å². The summed E-state index contributed by atoms with van der Waals surface area (Å²) in [4.78, 5) is 9.42. The maximum absolute atomic E-state index is 6.61. The van der Waals surface area contributed by atoms with Crippen LogP contribution in [-0.4, -0.2) is 14.5 Å². The zero-order valence-electron chi connectivity index (χ0n) is 24.0. The summed E-state index contributed by atoms with van der Waals surface area (Å²) >= 11 is 0. The van der Waals surface area contributed by atoms with Crippen molar-refractivity contribution in [3.8, 4) is 39.7 Å². The smallest absolute Gasteiger partial charge is 0.137 e. The fourth-order valence-electron chi connectivity index (χ4n) is 5.54. The van der Waals surface area contributed by atoms with Crippen LogP contribution in [0.3, 0.4) is 0 Å². The van der Waals surface area contributed by atoms with E-state index in [0.29, 0.717) is 0 Å². The third-order valence-corrected chi connectivity index (χ3v) is 7.70. The molecule has 0 saturated heterocycles. The Bertz CT molecular complexity index is 1980. The number of hydrogen-bond donors (Lipinski definition) is 0. The molecular weight excluding hydrogens is 514 g/mol. The molecule has 0 aliphatic heterocycles. The van der Waals surface area contributed by atoms with Crippen molar-refractivity contribution in [3.05, 3.63) is 139 Å². The molecule has 0 N–H and O–H groups in total. The Morgan fingerprint density at radius 1 is 0.548 bits per heavy atom. The lowest BCUT2D eigenvalue weighted by Gasteiger charge is -2.20. The summed E-state index contributed by atoms with van der Waals surface area (Å²) in [6.45, 7) is 6.69. The summed E-state index contributed by atoms with van der Waals surface area (Å²) in [7, 11) is 0. The van der Waals surface area contributed by atoms with E-state index in [0.717, 1.165) is 56.1 Å². The lowest BCUT2D eigenvalue weighted by molar-refractivity contribution is 0.483. The third kappa shape index (κ3) is 4.82. The van der Waals surface area contributed by atoms with E-state index in [1.165, 1.54) is 10.9 Å². The van der Waals surface area contributed by atoms with Crippen LogP contribution >= 0.6 is 0 Å². The van der Waals surface area contributed by atoms with Crippen molar-refractivity contribution in [2.75, 3.05) is 0 Å². The lowest BCUT2D eigenvalue weighted by Crippen LogP contribution is -2.12. The SMILES string of the molecule is CC(C)(C)c1ccnc(-n2c3ccccc3c3ccc(Oc4cc(-c5ccccc5)cc(-c5ccccn5)c4)cc32)c1. The Morgan fingerprint density at radius 2 is 1.31 bits per heavy atom. The normalized spacial score (nSPS) is 11.7. The number of hydrogen-bond acceptors (Lipinski definition) is 3. The lowest BCUT2D eigenvalue weighted by atomic mass is 9.88. The summed E-state index contributed by atoms with van der Waals surface area (Å²) < 4.78 is 8.86. The second kappa shape index (κ2) is 10.3. The van der Waals surface area contributed by atoms with E-state index in [1.54, 1.807) is 0 Å². The Balaban J connectivity index is 1.37. The topological polar surface area (TPSA) is 39.9 Å². The molecule has 3 aromatic heterocycles. The van der Waals surface area contributed by atoms with Crippen molar-refractivity contribution >= 4 is 21.8 Å². The molecule has 4 nitrogen and oxygen atoms in total. The van der Waals surface area contributed by atoms with Gasteiger partial charge in [0.2, 0.25) is 0 Å². The molecule has 0 amide bonds. The average molecular weight is 546 g/mol.